The van der Waals surface area contributed by atoms with E-state index in [0.29, 0.717) is 5.71 Å². The number of nitrogens with one attached hydrogen (secondary N) is 1. The van der Waals surface area contributed by atoms with Crippen molar-refractivity contribution >= 4 is 72.8 Å². The molecular weight excluding hydrogens is 458 g/mol. The molecule has 1 aliphatic rings. The van der Waals surface area contributed by atoms with E-state index in [4.69, 9.17) is 8.83 Å². The van der Waals surface area contributed by atoms with Crippen LogP contribution in [0.1, 0.15) is 5.56 Å². The summed E-state index contributed by atoms with van der Waals surface area (Å²) in [6.07, 6.45) is 6.02. The Bertz CT molecular complexity index is 2010. The summed E-state index contributed by atoms with van der Waals surface area (Å²) in [4.78, 5) is 6.76. The molecule has 0 spiro atoms. The van der Waals surface area contributed by atoms with Crippen molar-refractivity contribution in [1.29, 1.82) is 0 Å². The second kappa shape index (κ2) is 7.73. The van der Waals surface area contributed by atoms with Gasteiger partial charge >= 0.3 is 0 Å². The van der Waals surface area contributed by atoms with E-state index in [0.717, 1.165) is 62.4 Å². The maximum Gasteiger partial charge on any atom is 0.227 e. The molecule has 7 aromatic rings. The number of fused-ring (bicyclic) bond motifs is 7. The first kappa shape index (κ1) is 20.2. The third-order valence-corrected chi connectivity index (χ3v) is 7.12. The van der Waals surface area contributed by atoms with Crippen molar-refractivity contribution in [3.8, 4) is 0 Å². The fourth-order valence-electron chi connectivity index (χ4n) is 5.48. The predicted molar refractivity (Wildman–Crippen MR) is 151 cm³/mol. The Hall–Kier alpha value is -5.03. The normalized spacial score (nSPS) is 12.9. The van der Waals surface area contributed by atoms with Crippen molar-refractivity contribution in [3.63, 3.8) is 0 Å². The smallest absolute Gasteiger partial charge is 0.227 e. The van der Waals surface area contributed by atoms with Crippen molar-refractivity contribution in [2.75, 3.05) is 16.8 Å². The van der Waals surface area contributed by atoms with Crippen LogP contribution in [-0.2, 0) is 0 Å². The Kier molecular flexibility index (Phi) is 4.22. The molecule has 5 nitrogen and oxygen atoms in total. The summed E-state index contributed by atoms with van der Waals surface area (Å²) in [5, 5.41) is 8.82. The summed E-state index contributed by atoms with van der Waals surface area (Å²) in [6.45, 7) is 0.754. The lowest BCUT2D eigenvalue weighted by Gasteiger charge is -2.26. The molecular formula is C32H21N3O2. The highest BCUT2D eigenvalue weighted by atomic mass is 16.4. The van der Waals surface area contributed by atoms with Gasteiger partial charge < -0.3 is 19.1 Å². The predicted octanol–water partition coefficient (Wildman–Crippen LogP) is 8.79. The third-order valence-electron chi connectivity index (χ3n) is 7.12. The van der Waals surface area contributed by atoms with E-state index in [1.165, 1.54) is 10.8 Å². The molecule has 1 N–H and O–H groups in total. The first-order chi connectivity index (χ1) is 18.3. The van der Waals surface area contributed by atoms with E-state index in [1.54, 1.807) is 6.20 Å². The minimum atomic E-state index is 0.629. The van der Waals surface area contributed by atoms with E-state index < -0.39 is 0 Å². The first-order valence-electron chi connectivity index (χ1n) is 12.4. The minimum absolute atomic E-state index is 0.629. The van der Waals surface area contributed by atoms with Crippen LogP contribution in [-0.4, -0.2) is 11.5 Å². The van der Waals surface area contributed by atoms with Crippen molar-refractivity contribution in [2.45, 2.75) is 0 Å². The Labute approximate surface area is 212 Å². The number of anilines is 4. The molecule has 1 aliphatic heterocycles. The Morgan fingerprint density at radius 3 is 2.59 bits per heavy atom. The van der Waals surface area contributed by atoms with Gasteiger partial charge in [-0.2, -0.15) is 0 Å². The van der Waals surface area contributed by atoms with Crippen LogP contribution in [0.2, 0.25) is 0 Å². The van der Waals surface area contributed by atoms with E-state index >= 15 is 0 Å². The highest BCUT2D eigenvalue weighted by molar-refractivity contribution is 6.14. The molecule has 0 atom stereocenters. The fourth-order valence-corrected chi connectivity index (χ4v) is 5.48. The zero-order valence-corrected chi connectivity index (χ0v) is 19.8. The number of para-hydroxylation sites is 1. The standard InChI is InChI=1S/C32H21N3O2/c1-2-8-21-19-22(16-15-20(21)7-1)35(26-12-4-14-28-29(26)25-11-6-18-34-32(25)36-28)27-13-3-9-23-24-10-5-17-33-31(24)37-30(23)27/h1-16,18-19,33H,17H2. The molecule has 8 rings (SSSR count). The van der Waals surface area contributed by atoms with Crippen molar-refractivity contribution < 1.29 is 8.83 Å². The molecule has 0 bridgehead atoms. The number of pyridine rings is 1. The zero-order chi connectivity index (χ0) is 24.3. The number of benzene rings is 4. The summed E-state index contributed by atoms with van der Waals surface area (Å²) in [7, 11) is 0. The largest absolute Gasteiger partial charge is 0.438 e. The Morgan fingerprint density at radius 1 is 0.757 bits per heavy atom. The molecule has 4 heterocycles. The summed E-state index contributed by atoms with van der Waals surface area (Å²) in [6, 6.07) is 31.5. The molecule has 3 aromatic heterocycles. The van der Waals surface area contributed by atoms with Gasteiger partial charge in [-0.05, 0) is 53.2 Å². The second-order valence-corrected chi connectivity index (χ2v) is 9.26. The first-order valence-corrected chi connectivity index (χ1v) is 12.4. The number of hydrogen-bond acceptors (Lipinski definition) is 5. The van der Waals surface area contributed by atoms with E-state index in [1.807, 2.05) is 18.2 Å². The lowest BCUT2D eigenvalue weighted by atomic mass is 10.0. The van der Waals surface area contributed by atoms with Crippen LogP contribution in [0.4, 0.5) is 22.9 Å². The molecule has 4 aromatic carbocycles. The average Bonchev–Trinajstić information content (AvgIpc) is 3.52. The van der Waals surface area contributed by atoms with Gasteiger partial charge in [0.2, 0.25) is 11.6 Å². The maximum atomic E-state index is 6.47. The Morgan fingerprint density at radius 2 is 1.62 bits per heavy atom. The maximum absolute atomic E-state index is 6.47. The van der Waals surface area contributed by atoms with Gasteiger partial charge in [0, 0.05) is 29.4 Å². The molecule has 176 valence electrons. The van der Waals surface area contributed by atoms with Crippen LogP contribution < -0.4 is 10.2 Å². The number of aromatic nitrogens is 1. The van der Waals surface area contributed by atoms with Crippen molar-refractivity contribution in [2.24, 2.45) is 0 Å². The second-order valence-electron chi connectivity index (χ2n) is 9.26. The van der Waals surface area contributed by atoms with Gasteiger partial charge in [-0.3, -0.25) is 0 Å². The lowest BCUT2D eigenvalue weighted by molar-refractivity contribution is 0.628. The van der Waals surface area contributed by atoms with Gasteiger partial charge in [-0.25, -0.2) is 4.98 Å². The van der Waals surface area contributed by atoms with Crippen LogP contribution in [0.3, 0.4) is 0 Å². The van der Waals surface area contributed by atoms with Crippen molar-refractivity contribution in [3.05, 3.63) is 109 Å². The summed E-state index contributed by atoms with van der Waals surface area (Å²) in [5.74, 6) is 0.805. The van der Waals surface area contributed by atoms with Crippen LogP contribution >= 0.6 is 0 Å². The van der Waals surface area contributed by atoms with Gasteiger partial charge in [-0.1, -0.05) is 60.7 Å². The van der Waals surface area contributed by atoms with Gasteiger partial charge in [0.15, 0.2) is 5.58 Å². The fraction of sp³-hybridized carbons (Fsp3) is 0.0312. The Balaban J connectivity index is 1.48. The molecule has 0 radical (unpaired) electrons. The minimum Gasteiger partial charge on any atom is -0.438 e. The van der Waals surface area contributed by atoms with Gasteiger partial charge in [-0.15, -0.1) is 0 Å². The molecule has 0 saturated heterocycles. The van der Waals surface area contributed by atoms with E-state index in [-0.39, 0.29) is 0 Å². The number of furan rings is 2. The molecule has 0 fully saturated rings. The van der Waals surface area contributed by atoms with Gasteiger partial charge in [0.25, 0.3) is 0 Å². The molecule has 0 unspecified atom stereocenters. The van der Waals surface area contributed by atoms with Crippen molar-refractivity contribution in [1.82, 2.24) is 4.98 Å². The number of rotatable bonds is 3. The monoisotopic (exact) mass is 479 g/mol. The van der Waals surface area contributed by atoms with E-state index in [2.05, 4.69) is 100 Å². The lowest BCUT2D eigenvalue weighted by Crippen LogP contribution is -2.10. The topological polar surface area (TPSA) is 54.4 Å². The molecule has 5 heteroatoms. The SMILES string of the molecule is C1=Cc2c(oc3c(N(c4ccc5ccccc5c4)c4cccc5oc6ncccc6c45)cccc23)NC1. The third kappa shape index (κ3) is 3.01. The molecule has 0 aliphatic carbocycles. The van der Waals surface area contributed by atoms with Gasteiger partial charge in [0.05, 0.1) is 22.1 Å². The zero-order valence-electron chi connectivity index (χ0n) is 19.8. The average molecular weight is 480 g/mol. The number of nitrogens with zero attached hydrogens (tertiary/aromatic N) is 2. The van der Waals surface area contributed by atoms with Crippen LogP contribution in [0.5, 0.6) is 0 Å². The van der Waals surface area contributed by atoms with Crippen LogP contribution in [0, 0.1) is 0 Å². The molecule has 37 heavy (non-hydrogen) atoms. The highest BCUT2D eigenvalue weighted by Gasteiger charge is 2.24. The quantitative estimate of drug-likeness (QED) is 0.274. The molecule has 0 saturated carbocycles. The van der Waals surface area contributed by atoms with Gasteiger partial charge in [0.1, 0.15) is 5.58 Å². The summed E-state index contributed by atoms with van der Waals surface area (Å²) >= 11 is 0. The molecule has 0 amide bonds. The van der Waals surface area contributed by atoms with Crippen LogP contribution in [0.15, 0.2) is 112 Å². The van der Waals surface area contributed by atoms with Crippen LogP contribution in [0.25, 0.3) is 49.9 Å². The summed E-state index contributed by atoms with van der Waals surface area (Å²) < 4.78 is 12.6. The highest BCUT2D eigenvalue weighted by Crippen LogP contribution is 2.47. The van der Waals surface area contributed by atoms with E-state index in [9.17, 15) is 0 Å². The summed E-state index contributed by atoms with van der Waals surface area (Å²) in [5.41, 5.74) is 6.35. The number of hydrogen-bond donors (Lipinski definition) is 1.